The number of amides is 2. The topological polar surface area (TPSA) is 71.1 Å². The largest absolute Gasteiger partial charge is 0.325 e. The van der Waals surface area contributed by atoms with Crippen molar-refractivity contribution in [1.29, 1.82) is 0 Å². The van der Waals surface area contributed by atoms with Gasteiger partial charge >= 0.3 is 0 Å². The van der Waals surface area contributed by atoms with E-state index in [2.05, 4.69) is 31.5 Å². The van der Waals surface area contributed by atoms with E-state index in [0.717, 1.165) is 15.0 Å². The van der Waals surface area contributed by atoms with Crippen LogP contribution in [-0.2, 0) is 9.59 Å². The molecule has 0 fully saturated rings. The molecule has 0 aliphatic carbocycles. The maximum atomic E-state index is 11.8. The number of nitrogens with one attached hydrogen (secondary N) is 2. The number of halogens is 1. The van der Waals surface area contributed by atoms with E-state index in [0.29, 0.717) is 5.13 Å². The first kappa shape index (κ1) is 17.0. The minimum atomic E-state index is -0.158. The molecule has 1 aromatic heterocycles. The average molecular weight is 400 g/mol. The Hall–Kier alpha value is -1.38. The van der Waals surface area contributed by atoms with Gasteiger partial charge in [0.2, 0.25) is 11.8 Å². The molecule has 5 nitrogen and oxygen atoms in total. The summed E-state index contributed by atoms with van der Waals surface area (Å²) in [5.41, 5.74) is 0.725. The van der Waals surface area contributed by atoms with Crippen LogP contribution in [0.2, 0.25) is 0 Å². The molecule has 0 aliphatic rings. The molecule has 1 heterocycles. The third-order valence-corrected chi connectivity index (χ3v) is 4.70. The predicted octanol–water partition coefficient (Wildman–Crippen LogP) is 3.52. The summed E-state index contributed by atoms with van der Waals surface area (Å²) in [5.74, 6) is 0.136. The Balaban J connectivity index is 1.69. The van der Waals surface area contributed by atoms with E-state index >= 15 is 0 Å². The van der Waals surface area contributed by atoms with Crippen LogP contribution in [0.3, 0.4) is 0 Å². The van der Waals surface area contributed by atoms with Gasteiger partial charge in [-0.1, -0.05) is 22.0 Å². The summed E-state index contributed by atoms with van der Waals surface area (Å²) in [6.07, 6.45) is 1.71. The Morgan fingerprint density at radius 1 is 1.27 bits per heavy atom. The summed E-state index contributed by atoms with van der Waals surface area (Å²) in [6, 6.07) is 7.36. The Labute approximate surface area is 145 Å². The highest BCUT2D eigenvalue weighted by molar-refractivity contribution is 9.10. The summed E-state index contributed by atoms with van der Waals surface area (Å²) in [4.78, 5) is 28.6. The Bertz CT molecular complexity index is 676. The average Bonchev–Trinajstić information content (AvgIpc) is 2.84. The highest BCUT2D eigenvalue weighted by Gasteiger charge is 2.08. The standard InChI is InChI=1S/C14H14BrN3O2S2/c1-9-6-16-14(22-9)18-13(20)8-21-7-12(19)17-11-4-2-3-10(15)5-11/h2-6H,7-8H2,1H3,(H,17,19)(H,16,18,20). The van der Waals surface area contributed by atoms with Gasteiger partial charge in [-0.3, -0.25) is 9.59 Å². The zero-order valence-corrected chi connectivity index (χ0v) is 15.0. The molecule has 8 heteroatoms. The second-order valence-electron chi connectivity index (χ2n) is 4.38. The number of rotatable bonds is 6. The van der Waals surface area contributed by atoms with Crippen LogP contribution >= 0.6 is 39.0 Å². The number of carbonyl (C=O) groups excluding carboxylic acids is 2. The monoisotopic (exact) mass is 399 g/mol. The zero-order chi connectivity index (χ0) is 15.9. The minimum Gasteiger partial charge on any atom is -0.325 e. The van der Waals surface area contributed by atoms with Crippen molar-refractivity contribution >= 4 is 61.7 Å². The van der Waals surface area contributed by atoms with Gasteiger partial charge in [-0.25, -0.2) is 4.98 Å². The minimum absolute atomic E-state index is 0.138. The molecule has 0 bridgehead atoms. The first-order valence-corrected chi connectivity index (χ1v) is 9.15. The number of hydrogen-bond acceptors (Lipinski definition) is 5. The van der Waals surface area contributed by atoms with E-state index < -0.39 is 0 Å². The Morgan fingerprint density at radius 2 is 2.00 bits per heavy atom. The van der Waals surface area contributed by atoms with E-state index in [-0.39, 0.29) is 23.3 Å². The van der Waals surface area contributed by atoms with E-state index in [1.165, 1.54) is 23.1 Å². The molecule has 2 rings (SSSR count). The fourth-order valence-electron chi connectivity index (χ4n) is 1.57. The summed E-state index contributed by atoms with van der Waals surface area (Å²) >= 11 is 6.03. The predicted molar refractivity (Wildman–Crippen MR) is 95.6 cm³/mol. The first-order valence-electron chi connectivity index (χ1n) is 6.38. The van der Waals surface area contributed by atoms with E-state index in [9.17, 15) is 9.59 Å². The Kier molecular flexibility index (Phi) is 6.41. The van der Waals surface area contributed by atoms with Crippen LogP contribution in [-0.4, -0.2) is 28.3 Å². The molecule has 0 unspecified atom stereocenters. The van der Waals surface area contributed by atoms with Crippen LogP contribution in [0.25, 0.3) is 0 Å². The Morgan fingerprint density at radius 3 is 2.64 bits per heavy atom. The molecule has 0 spiro atoms. The number of hydrogen-bond donors (Lipinski definition) is 2. The van der Waals surface area contributed by atoms with Crippen LogP contribution in [0.1, 0.15) is 4.88 Å². The third kappa shape index (κ3) is 5.78. The van der Waals surface area contributed by atoms with Crippen LogP contribution in [0.4, 0.5) is 10.8 Å². The molecule has 0 aliphatic heterocycles. The molecule has 2 amide bonds. The molecule has 0 radical (unpaired) electrons. The van der Waals surface area contributed by atoms with Crippen LogP contribution < -0.4 is 10.6 Å². The van der Waals surface area contributed by atoms with Crippen molar-refractivity contribution in [2.75, 3.05) is 22.1 Å². The molecular weight excluding hydrogens is 386 g/mol. The number of benzene rings is 1. The fraction of sp³-hybridized carbons (Fsp3) is 0.214. The zero-order valence-electron chi connectivity index (χ0n) is 11.8. The normalized spacial score (nSPS) is 10.3. The summed E-state index contributed by atoms with van der Waals surface area (Å²) in [7, 11) is 0. The van der Waals surface area contributed by atoms with Crippen LogP contribution in [0.5, 0.6) is 0 Å². The highest BCUT2D eigenvalue weighted by Crippen LogP contribution is 2.17. The summed E-state index contributed by atoms with van der Waals surface area (Å²) in [6.45, 7) is 1.92. The van der Waals surface area contributed by atoms with Gasteiger partial charge in [0.1, 0.15) is 0 Å². The molecule has 116 valence electrons. The van der Waals surface area contributed by atoms with Gasteiger partial charge in [-0.05, 0) is 25.1 Å². The van der Waals surface area contributed by atoms with E-state index in [4.69, 9.17) is 0 Å². The molecule has 1 aromatic carbocycles. The van der Waals surface area contributed by atoms with Crippen molar-refractivity contribution in [3.05, 3.63) is 39.8 Å². The molecule has 2 N–H and O–H groups in total. The van der Waals surface area contributed by atoms with Crippen molar-refractivity contribution in [2.24, 2.45) is 0 Å². The first-order chi connectivity index (χ1) is 10.5. The van der Waals surface area contributed by atoms with Crippen molar-refractivity contribution < 1.29 is 9.59 Å². The van der Waals surface area contributed by atoms with Gasteiger partial charge < -0.3 is 10.6 Å². The molecular formula is C14H14BrN3O2S2. The van der Waals surface area contributed by atoms with Gasteiger partial charge in [-0.2, -0.15) is 0 Å². The fourth-order valence-corrected chi connectivity index (χ4v) is 3.26. The quantitative estimate of drug-likeness (QED) is 0.779. The number of thioether (sulfide) groups is 1. The van der Waals surface area contributed by atoms with Crippen molar-refractivity contribution in [3.8, 4) is 0 Å². The smallest absolute Gasteiger partial charge is 0.236 e. The lowest BCUT2D eigenvalue weighted by atomic mass is 10.3. The van der Waals surface area contributed by atoms with Gasteiger partial charge in [0.15, 0.2) is 5.13 Å². The van der Waals surface area contributed by atoms with Crippen LogP contribution in [0.15, 0.2) is 34.9 Å². The number of aromatic nitrogens is 1. The summed E-state index contributed by atoms with van der Waals surface area (Å²) < 4.78 is 0.899. The molecule has 0 atom stereocenters. The lowest BCUT2D eigenvalue weighted by molar-refractivity contribution is -0.114. The van der Waals surface area contributed by atoms with Gasteiger partial charge in [0.05, 0.1) is 11.5 Å². The maximum Gasteiger partial charge on any atom is 0.236 e. The number of nitrogens with zero attached hydrogens (tertiary/aromatic N) is 1. The van der Waals surface area contributed by atoms with E-state index in [1.54, 1.807) is 6.20 Å². The second kappa shape index (κ2) is 8.30. The van der Waals surface area contributed by atoms with Crippen molar-refractivity contribution in [3.63, 3.8) is 0 Å². The van der Waals surface area contributed by atoms with E-state index in [1.807, 2.05) is 31.2 Å². The number of thiazole rings is 1. The molecule has 0 saturated carbocycles. The lowest BCUT2D eigenvalue weighted by Crippen LogP contribution is -2.18. The van der Waals surface area contributed by atoms with Gasteiger partial charge in [0, 0.05) is 21.2 Å². The number of carbonyl (C=O) groups is 2. The highest BCUT2D eigenvalue weighted by atomic mass is 79.9. The SMILES string of the molecule is Cc1cnc(NC(=O)CSCC(=O)Nc2cccc(Br)c2)s1. The van der Waals surface area contributed by atoms with Crippen LogP contribution in [0, 0.1) is 6.92 Å². The second-order valence-corrected chi connectivity index (χ2v) is 7.51. The van der Waals surface area contributed by atoms with Crippen molar-refractivity contribution in [1.82, 2.24) is 4.98 Å². The molecule has 0 saturated heterocycles. The summed E-state index contributed by atoms with van der Waals surface area (Å²) in [5, 5.41) is 6.07. The van der Waals surface area contributed by atoms with Gasteiger partial charge in [0.25, 0.3) is 0 Å². The number of anilines is 2. The number of aryl methyl sites for hydroxylation is 1. The molecule has 22 heavy (non-hydrogen) atoms. The third-order valence-electron chi connectivity index (χ3n) is 2.44. The van der Waals surface area contributed by atoms with Crippen molar-refractivity contribution in [2.45, 2.75) is 6.92 Å². The van der Waals surface area contributed by atoms with Gasteiger partial charge in [-0.15, -0.1) is 23.1 Å². The lowest BCUT2D eigenvalue weighted by Gasteiger charge is -2.05. The maximum absolute atomic E-state index is 11.8. The molecule has 2 aromatic rings.